The smallest absolute Gasteiger partial charge is 0.328 e. The summed E-state index contributed by atoms with van der Waals surface area (Å²) in [4.78, 5) is 20.9. The molecule has 0 fully saturated rings. The van der Waals surface area contributed by atoms with Crippen molar-refractivity contribution in [3.63, 3.8) is 0 Å². The van der Waals surface area contributed by atoms with Gasteiger partial charge in [0.1, 0.15) is 5.82 Å². The number of aldehydes is 1. The average Bonchev–Trinajstić information content (AvgIpc) is 2.26. The molecule has 0 bridgehead atoms. The number of hydrogen-bond donors (Lipinski definition) is 1. The van der Waals surface area contributed by atoms with Crippen molar-refractivity contribution < 1.29 is 19.1 Å². The molecule has 1 aromatic carbocycles. The highest BCUT2D eigenvalue weighted by atomic mass is 19.1. The van der Waals surface area contributed by atoms with E-state index < -0.39 is 11.8 Å². The first-order chi connectivity index (χ1) is 7.60. The maximum atomic E-state index is 13.2. The fourth-order valence-corrected chi connectivity index (χ4v) is 1.16. The number of hydrogen-bond acceptors (Lipinski definition) is 3. The second kappa shape index (κ2) is 4.84. The molecule has 16 heavy (non-hydrogen) atoms. The number of aliphatic carboxylic acids is 1. The lowest BCUT2D eigenvalue weighted by Gasteiger charge is -2.02. The van der Waals surface area contributed by atoms with Crippen LogP contribution < -0.4 is 0 Å². The predicted molar refractivity (Wildman–Crippen MR) is 53.2 cm³/mol. The van der Waals surface area contributed by atoms with E-state index in [0.717, 1.165) is 18.2 Å². The van der Waals surface area contributed by atoms with Crippen LogP contribution in [-0.4, -0.2) is 17.4 Å². The molecule has 0 saturated heterocycles. The minimum absolute atomic E-state index is 0.0279. The topological polar surface area (TPSA) is 78.2 Å². The maximum absolute atomic E-state index is 13.2. The SMILES string of the molecule is N#Cc1ccc(F)c(C=O)c1/C=C/C(=O)O. The second-order valence-electron chi connectivity index (χ2n) is 2.82. The van der Waals surface area contributed by atoms with Crippen LogP contribution in [0, 0.1) is 17.1 Å². The van der Waals surface area contributed by atoms with E-state index in [0.29, 0.717) is 0 Å². The molecule has 0 aromatic heterocycles. The number of carbonyl (C=O) groups is 2. The summed E-state index contributed by atoms with van der Waals surface area (Å²) in [5, 5.41) is 17.1. The van der Waals surface area contributed by atoms with E-state index in [-0.39, 0.29) is 23.0 Å². The number of halogens is 1. The van der Waals surface area contributed by atoms with Crippen molar-refractivity contribution in [2.45, 2.75) is 0 Å². The van der Waals surface area contributed by atoms with Gasteiger partial charge in [-0.25, -0.2) is 9.18 Å². The van der Waals surface area contributed by atoms with E-state index in [4.69, 9.17) is 10.4 Å². The van der Waals surface area contributed by atoms with Crippen molar-refractivity contribution >= 4 is 18.3 Å². The van der Waals surface area contributed by atoms with Gasteiger partial charge >= 0.3 is 5.97 Å². The summed E-state index contributed by atoms with van der Waals surface area (Å²) in [7, 11) is 0. The van der Waals surface area contributed by atoms with Crippen LogP contribution in [0.3, 0.4) is 0 Å². The van der Waals surface area contributed by atoms with E-state index in [1.165, 1.54) is 6.07 Å². The van der Waals surface area contributed by atoms with Crippen LogP contribution in [0.25, 0.3) is 6.08 Å². The van der Waals surface area contributed by atoms with Gasteiger partial charge in [0.15, 0.2) is 6.29 Å². The van der Waals surface area contributed by atoms with Crippen molar-refractivity contribution in [2.24, 2.45) is 0 Å². The third kappa shape index (κ3) is 2.30. The van der Waals surface area contributed by atoms with Crippen LogP contribution in [0.2, 0.25) is 0 Å². The molecule has 0 radical (unpaired) electrons. The van der Waals surface area contributed by atoms with Gasteiger partial charge in [-0.05, 0) is 18.2 Å². The summed E-state index contributed by atoms with van der Waals surface area (Å²) >= 11 is 0. The molecule has 1 N–H and O–H groups in total. The summed E-state index contributed by atoms with van der Waals surface area (Å²) in [5.41, 5.74) is -0.308. The Kier molecular flexibility index (Phi) is 3.51. The summed E-state index contributed by atoms with van der Waals surface area (Å²) in [6.07, 6.45) is 2.01. The predicted octanol–water partition coefficient (Wildman–Crippen LogP) is 1.61. The van der Waals surface area contributed by atoms with Gasteiger partial charge < -0.3 is 5.11 Å². The molecular formula is C11H6FNO3. The van der Waals surface area contributed by atoms with E-state index in [1.807, 2.05) is 0 Å². The zero-order valence-corrected chi connectivity index (χ0v) is 7.98. The lowest BCUT2D eigenvalue weighted by Crippen LogP contribution is -1.97. The number of nitriles is 1. The maximum Gasteiger partial charge on any atom is 0.328 e. The molecule has 0 spiro atoms. The molecule has 0 aliphatic heterocycles. The first-order valence-corrected chi connectivity index (χ1v) is 4.19. The van der Waals surface area contributed by atoms with Crippen molar-refractivity contribution in [2.75, 3.05) is 0 Å². The quantitative estimate of drug-likeness (QED) is 0.618. The monoisotopic (exact) mass is 219 g/mol. The van der Waals surface area contributed by atoms with Gasteiger partial charge in [0.05, 0.1) is 17.2 Å². The minimum Gasteiger partial charge on any atom is -0.478 e. The van der Waals surface area contributed by atoms with Crippen molar-refractivity contribution in [1.82, 2.24) is 0 Å². The molecule has 1 rings (SSSR count). The molecule has 0 heterocycles. The Morgan fingerprint density at radius 1 is 1.44 bits per heavy atom. The minimum atomic E-state index is -1.25. The fourth-order valence-electron chi connectivity index (χ4n) is 1.16. The van der Waals surface area contributed by atoms with Gasteiger partial charge in [0.25, 0.3) is 0 Å². The van der Waals surface area contributed by atoms with E-state index in [9.17, 15) is 14.0 Å². The first kappa shape index (κ1) is 11.6. The zero-order valence-electron chi connectivity index (χ0n) is 7.98. The molecule has 0 aliphatic carbocycles. The van der Waals surface area contributed by atoms with Gasteiger partial charge in [-0.15, -0.1) is 0 Å². The molecule has 0 saturated carbocycles. The highest BCUT2D eigenvalue weighted by Gasteiger charge is 2.10. The first-order valence-electron chi connectivity index (χ1n) is 4.19. The molecule has 1 aromatic rings. The van der Waals surface area contributed by atoms with Crippen LogP contribution in [0.5, 0.6) is 0 Å². The van der Waals surface area contributed by atoms with Crippen LogP contribution in [0.4, 0.5) is 4.39 Å². The molecule has 0 amide bonds. The molecular weight excluding hydrogens is 213 g/mol. The standard InChI is InChI=1S/C11H6FNO3/c12-10-3-1-7(5-13)8(9(10)6-14)2-4-11(15)16/h1-4,6H,(H,15,16)/b4-2+. The van der Waals surface area contributed by atoms with Crippen molar-refractivity contribution in [3.05, 3.63) is 40.7 Å². The van der Waals surface area contributed by atoms with Crippen LogP contribution in [0.15, 0.2) is 18.2 Å². The van der Waals surface area contributed by atoms with Crippen LogP contribution in [-0.2, 0) is 4.79 Å². The summed E-state index contributed by atoms with van der Waals surface area (Å²) in [6.45, 7) is 0. The third-order valence-electron chi connectivity index (χ3n) is 1.86. The molecule has 80 valence electrons. The van der Waals surface area contributed by atoms with Gasteiger partial charge in [-0.1, -0.05) is 0 Å². The second-order valence-corrected chi connectivity index (χ2v) is 2.82. The average molecular weight is 219 g/mol. The Balaban J connectivity index is 3.43. The highest BCUT2D eigenvalue weighted by molar-refractivity contribution is 5.90. The molecule has 4 nitrogen and oxygen atoms in total. The Bertz CT molecular complexity index is 515. The molecule has 5 heteroatoms. The van der Waals surface area contributed by atoms with Crippen molar-refractivity contribution in [3.8, 4) is 6.07 Å². The Labute approximate surface area is 90.2 Å². The van der Waals surface area contributed by atoms with E-state index >= 15 is 0 Å². The van der Waals surface area contributed by atoms with E-state index in [2.05, 4.69) is 0 Å². The van der Waals surface area contributed by atoms with E-state index in [1.54, 1.807) is 6.07 Å². The zero-order chi connectivity index (χ0) is 12.1. The van der Waals surface area contributed by atoms with Gasteiger partial charge in [0, 0.05) is 11.6 Å². The Morgan fingerprint density at radius 2 is 2.12 bits per heavy atom. The highest BCUT2D eigenvalue weighted by Crippen LogP contribution is 2.18. The largest absolute Gasteiger partial charge is 0.478 e. The van der Waals surface area contributed by atoms with Crippen LogP contribution >= 0.6 is 0 Å². The Hall–Kier alpha value is -2.48. The summed E-state index contributed by atoms with van der Waals surface area (Å²) in [6, 6.07) is 3.92. The molecule has 0 unspecified atom stereocenters. The fraction of sp³-hybridized carbons (Fsp3) is 0. The number of nitrogens with zero attached hydrogens (tertiary/aromatic N) is 1. The molecule has 0 aliphatic rings. The van der Waals surface area contributed by atoms with Crippen LogP contribution in [0.1, 0.15) is 21.5 Å². The van der Waals surface area contributed by atoms with Gasteiger partial charge in [-0.3, -0.25) is 4.79 Å². The van der Waals surface area contributed by atoms with Gasteiger partial charge in [-0.2, -0.15) is 5.26 Å². The summed E-state index contributed by atoms with van der Waals surface area (Å²) in [5.74, 6) is -2.04. The van der Waals surface area contributed by atoms with Crippen molar-refractivity contribution in [1.29, 1.82) is 5.26 Å². The molecule has 0 atom stereocenters. The number of carboxylic acid groups (broad SMARTS) is 1. The van der Waals surface area contributed by atoms with Gasteiger partial charge in [0.2, 0.25) is 0 Å². The number of carboxylic acids is 1. The lowest BCUT2D eigenvalue weighted by molar-refractivity contribution is -0.131. The number of rotatable bonds is 3. The number of benzene rings is 1. The third-order valence-corrected chi connectivity index (χ3v) is 1.86. The normalized spacial score (nSPS) is 10.0. The summed E-state index contributed by atoms with van der Waals surface area (Å²) < 4.78 is 13.2. The lowest BCUT2D eigenvalue weighted by atomic mass is 10.0. The number of carbonyl (C=O) groups excluding carboxylic acids is 1. The Morgan fingerprint density at radius 3 is 2.62 bits per heavy atom.